The molecule has 3 aromatic heterocycles. The van der Waals surface area contributed by atoms with Crippen LogP contribution in [0.5, 0.6) is 0 Å². The van der Waals surface area contributed by atoms with Crippen LogP contribution in [0.1, 0.15) is 47.9 Å². The van der Waals surface area contributed by atoms with Crippen molar-refractivity contribution in [1.82, 2.24) is 14.9 Å². The van der Waals surface area contributed by atoms with E-state index in [0.29, 0.717) is 11.4 Å². The van der Waals surface area contributed by atoms with Crippen molar-refractivity contribution < 1.29 is 14.3 Å². The van der Waals surface area contributed by atoms with Crippen molar-refractivity contribution in [3.05, 3.63) is 52.8 Å². The molecule has 0 saturated heterocycles. The number of carbonyl (C=O) groups excluding carboxylic acids is 2. The molecule has 3 rings (SSSR count). The second-order valence-electron chi connectivity index (χ2n) is 7.47. The number of hydrogen-bond acceptors (Lipinski definition) is 5. The SMILES string of the molecule is Cc1cc2c(cc(C(=O)O[C@H](C(=O)NC(C)(C)C)c3ccccn3)n2C)s1. The summed E-state index contributed by atoms with van der Waals surface area (Å²) < 4.78 is 8.41. The van der Waals surface area contributed by atoms with Gasteiger partial charge >= 0.3 is 5.97 Å². The van der Waals surface area contributed by atoms with E-state index in [-0.39, 0.29) is 0 Å². The number of rotatable bonds is 4. The zero-order chi connectivity index (χ0) is 19.8. The van der Waals surface area contributed by atoms with Gasteiger partial charge in [-0.1, -0.05) is 6.07 Å². The van der Waals surface area contributed by atoms with E-state index in [1.165, 1.54) is 4.88 Å². The van der Waals surface area contributed by atoms with E-state index in [1.54, 1.807) is 46.4 Å². The Morgan fingerprint density at radius 2 is 2.00 bits per heavy atom. The summed E-state index contributed by atoms with van der Waals surface area (Å²) in [5, 5.41) is 2.86. The van der Waals surface area contributed by atoms with Crippen LogP contribution >= 0.6 is 11.3 Å². The van der Waals surface area contributed by atoms with Crippen LogP contribution in [0.15, 0.2) is 36.5 Å². The van der Waals surface area contributed by atoms with Gasteiger partial charge in [0.15, 0.2) is 0 Å². The van der Waals surface area contributed by atoms with Crippen molar-refractivity contribution in [2.45, 2.75) is 39.3 Å². The summed E-state index contributed by atoms with van der Waals surface area (Å²) in [5.74, 6) is -0.959. The Hall–Kier alpha value is -2.67. The molecule has 1 N–H and O–H groups in total. The number of aromatic nitrogens is 2. The van der Waals surface area contributed by atoms with Crippen molar-refractivity contribution in [3.63, 3.8) is 0 Å². The number of ether oxygens (including phenoxy) is 1. The molecule has 6 nitrogen and oxygen atoms in total. The molecule has 0 aromatic carbocycles. The number of fused-ring (bicyclic) bond motifs is 1. The van der Waals surface area contributed by atoms with Gasteiger partial charge in [0, 0.05) is 23.7 Å². The molecular weight excluding hydrogens is 362 g/mol. The summed E-state index contributed by atoms with van der Waals surface area (Å²) in [6, 6.07) is 9.01. The zero-order valence-corrected chi connectivity index (χ0v) is 16.9. The van der Waals surface area contributed by atoms with E-state index in [1.807, 2.05) is 40.8 Å². The largest absolute Gasteiger partial charge is 0.441 e. The van der Waals surface area contributed by atoms with Gasteiger partial charge in [-0.25, -0.2) is 4.79 Å². The highest BCUT2D eigenvalue weighted by atomic mass is 32.1. The lowest BCUT2D eigenvalue weighted by molar-refractivity contribution is -0.132. The lowest BCUT2D eigenvalue weighted by atomic mass is 10.1. The molecule has 1 atom stereocenters. The number of hydrogen-bond donors (Lipinski definition) is 1. The van der Waals surface area contributed by atoms with E-state index in [2.05, 4.69) is 10.3 Å². The Morgan fingerprint density at radius 1 is 1.26 bits per heavy atom. The number of pyridine rings is 1. The zero-order valence-electron chi connectivity index (χ0n) is 16.1. The maximum atomic E-state index is 12.8. The highest BCUT2D eigenvalue weighted by molar-refractivity contribution is 7.19. The van der Waals surface area contributed by atoms with Gasteiger partial charge in [-0.05, 0) is 52.0 Å². The van der Waals surface area contributed by atoms with Gasteiger partial charge in [-0.3, -0.25) is 9.78 Å². The predicted octanol–water partition coefficient (Wildman–Crippen LogP) is 3.76. The number of amides is 1. The highest BCUT2D eigenvalue weighted by Crippen LogP contribution is 2.29. The van der Waals surface area contributed by atoms with E-state index in [4.69, 9.17) is 4.74 Å². The van der Waals surface area contributed by atoms with Gasteiger partial charge < -0.3 is 14.6 Å². The second kappa shape index (κ2) is 7.15. The Morgan fingerprint density at radius 3 is 2.59 bits per heavy atom. The minimum Gasteiger partial charge on any atom is -0.441 e. The van der Waals surface area contributed by atoms with E-state index < -0.39 is 23.5 Å². The van der Waals surface area contributed by atoms with Crippen molar-refractivity contribution in [2.75, 3.05) is 0 Å². The first kappa shape index (κ1) is 19.1. The smallest absolute Gasteiger partial charge is 0.356 e. The Balaban J connectivity index is 1.90. The molecular formula is C20H23N3O3S. The maximum absolute atomic E-state index is 12.8. The third-order valence-corrected chi connectivity index (χ3v) is 4.97. The molecule has 0 spiro atoms. The summed E-state index contributed by atoms with van der Waals surface area (Å²) in [7, 11) is 1.82. The highest BCUT2D eigenvalue weighted by Gasteiger charge is 2.30. The van der Waals surface area contributed by atoms with E-state index in [9.17, 15) is 9.59 Å². The van der Waals surface area contributed by atoms with Gasteiger partial charge in [0.1, 0.15) is 5.69 Å². The average molecular weight is 385 g/mol. The number of esters is 1. The fraction of sp³-hybridized carbons (Fsp3) is 0.350. The van der Waals surface area contributed by atoms with Gasteiger partial charge in [0.2, 0.25) is 6.10 Å². The molecule has 0 saturated carbocycles. The standard InChI is InChI=1S/C20H23N3O3S/c1-12-10-14-16(27-12)11-15(23(14)5)19(25)26-17(13-8-6-7-9-21-13)18(24)22-20(2,3)4/h6-11,17H,1-5H3,(H,22,24)/t17-/m0/s1. The van der Waals surface area contributed by atoms with Crippen LogP contribution in [0.4, 0.5) is 0 Å². The summed E-state index contributed by atoms with van der Waals surface area (Å²) in [5.41, 5.74) is 1.31. The molecule has 3 aromatic rings. The first-order valence-electron chi connectivity index (χ1n) is 8.65. The molecule has 1 amide bonds. The molecule has 0 aliphatic heterocycles. The number of carbonyl (C=O) groups is 2. The fourth-order valence-electron chi connectivity index (χ4n) is 2.81. The van der Waals surface area contributed by atoms with Crippen molar-refractivity contribution >= 4 is 33.4 Å². The molecule has 0 aliphatic carbocycles. The van der Waals surface area contributed by atoms with Crippen LogP contribution in [-0.2, 0) is 16.6 Å². The molecule has 0 aliphatic rings. The van der Waals surface area contributed by atoms with Crippen molar-refractivity contribution in [3.8, 4) is 0 Å². The van der Waals surface area contributed by atoms with Crippen LogP contribution < -0.4 is 5.32 Å². The Bertz CT molecular complexity index is 983. The van der Waals surface area contributed by atoms with Crippen LogP contribution in [0.25, 0.3) is 10.2 Å². The van der Waals surface area contributed by atoms with Gasteiger partial charge in [-0.2, -0.15) is 0 Å². The van der Waals surface area contributed by atoms with Gasteiger partial charge in [0.05, 0.1) is 15.9 Å². The number of thiophene rings is 1. The summed E-state index contributed by atoms with van der Waals surface area (Å²) in [6.07, 6.45) is 0.453. The molecule has 142 valence electrons. The van der Waals surface area contributed by atoms with Crippen LogP contribution in [-0.4, -0.2) is 27.0 Å². The minimum atomic E-state index is -1.12. The number of nitrogens with zero attached hydrogens (tertiary/aromatic N) is 2. The number of nitrogens with one attached hydrogen (secondary N) is 1. The maximum Gasteiger partial charge on any atom is 0.356 e. The molecule has 0 radical (unpaired) electrons. The summed E-state index contributed by atoms with van der Waals surface area (Å²) in [4.78, 5) is 30.9. The number of aryl methyl sites for hydroxylation is 2. The molecule has 3 heterocycles. The van der Waals surface area contributed by atoms with Gasteiger partial charge in [-0.15, -0.1) is 11.3 Å². The lowest BCUT2D eigenvalue weighted by Gasteiger charge is -2.24. The summed E-state index contributed by atoms with van der Waals surface area (Å²) >= 11 is 1.61. The molecule has 0 fully saturated rings. The van der Waals surface area contributed by atoms with Gasteiger partial charge in [0.25, 0.3) is 5.91 Å². The fourth-order valence-corrected chi connectivity index (χ4v) is 3.80. The van der Waals surface area contributed by atoms with Crippen molar-refractivity contribution in [1.29, 1.82) is 0 Å². The topological polar surface area (TPSA) is 73.2 Å². The molecule has 0 unspecified atom stereocenters. The molecule has 0 bridgehead atoms. The average Bonchev–Trinajstić information content (AvgIpc) is 3.09. The molecule has 27 heavy (non-hydrogen) atoms. The summed E-state index contributed by atoms with van der Waals surface area (Å²) in [6.45, 7) is 7.64. The van der Waals surface area contributed by atoms with E-state index in [0.717, 1.165) is 10.2 Å². The normalized spacial score (nSPS) is 12.8. The van der Waals surface area contributed by atoms with Crippen LogP contribution in [0.3, 0.4) is 0 Å². The Kier molecular flexibility index (Phi) is 5.06. The Labute approximate surface area is 162 Å². The third-order valence-electron chi connectivity index (χ3n) is 3.98. The first-order valence-corrected chi connectivity index (χ1v) is 9.47. The predicted molar refractivity (Wildman–Crippen MR) is 106 cm³/mol. The monoisotopic (exact) mass is 385 g/mol. The second-order valence-corrected chi connectivity index (χ2v) is 8.76. The quantitative estimate of drug-likeness (QED) is 0.694. The van der Waals surface area contributed by atoms with Crippen LogP contribution in [0, 0.1) is 6.92 Å². The minimum absolute atomic E-state index is 0.388. The van der Waals surface area contributed by atoms with E-state index >= 15 is 0 Å². The van der Waals surface area contributed by atoms with Crippen LogP contribution in [0.2, 0.25) is 0 Å². The molecule has 7 heteroatoms. The third kappa shape index (κ3) is 4.19. The van der Waals surface area contributed by atoms with Crippen molar-refractivity contribution in [2.24, 2.45) is 7.05 Å². The first-order chi connectivity index (χ1) is 12.7. The lowest BCUT2D eigenvalue weighted by Crippen LogP contribution is -2.44.